The predicted octanol–water partition coefficient (Wildman–Crippen LogP) is 8.06. The van der Waals surface area contributed by atoms with E-state index >= 15 is 0 Å². The number of hydrogen-bond acceptors (Lipinski definition) is 6. The molecule has 3 aliphatic heterocycles. The highest BCUT2D eigenvalue weighted by Gasteiger charge is 2.63. The van der Waals surface area contributed by atoms with Gasteiger partial charge in [-0.15, -0.1) is 0 Å². The standard InChI is InChI=1S/C12H24B2O4.C7H15BO2.C2H6.2CH3Br.CH3I/c1-9(2)10(3,4)16-13(15-9)14-17-11(5,6)12(7,8)18-14;1-6(2)7(3,4)10-8(5)9-6;4*1-2/h1-8H3;1-5H3;1-2H3;3*1H3. The van der Waals surface area contributed by atoms with Crippen molar-refractivity contribution < 1.29 is 27.9 Å². The van der Waals surface area contributed by atoms with Crippen molar-refractivity contribution in [2.45, 2.75) is 137 Å². The molecule has 0 radical (unpaired) electrons. The zero-order valence-electron chi connectivity index (χ0n) is 26.3. The summed E-state index contributed by atoms with van der Waals surface area (Å²) in [5.41, 5.74) is -1.76. The molecule has 36 heavy (non-hydrogen) atoms. The fourth-order valence-electron chi connectivity index (χ4n) is 3.14. The van der Waals surface area contributed by atoms with Crippen LogP contribution in [0.4, 0.5) is 0 Å². The van der Waals surface area contributed by atoms with Gasteiger partial charge in [-0.05, 0) is 107 Å². The van der Waals surface area contributed by atoms with Crippen LogP contribution in [0.2, 0.25) is 6.82 Å². The molecule has 0 saturated carbocycles. The first-order valence-corrected chi connectivity index (χ1v) is 17.8. The van der Waals surface area contributed by atoms with Crippen molar-refractivity contribution in [3.63, 3.8) is 0 Å². The second kappa shape index (κ2) is 16.8. The molecule has 0 unspecified atom stereocenters. The van der Waals surface area contributed by atoms with Gasteiger partial charge in [-0.25, -0.2) is 0 Å². The lowest BCUT2D eigenvalue weighted by atomic mass is 9.49. The lowest BCUT2D eigenvalue weighted by Crippen LogP contribution is -2.41. The van der Waals surface area contributed by atoms with Gasteiger partial charge in [-0.1, -0.05) is 68.3 Å². The molecule has 216 valence electrons. The van der Waals surface area contributed by atoms with E-state index in [0.717, 1.165) is 0 Å². The molecular weight excluding hydrogens is 703 g/mol. The maximum atomic E-state index is 5.96. The topological polar surface area (TPSA) is 55.4 Å². The summed E-state index contributed by atoms with van der Waals surface area (Å²) in [6, 6.07) is 0. The summed E-state index contributed by atoms with van der Waals surface area (Å²) >= 11 is 8.02. The van der Waals surface area contributed by atoms with Crippen LogP contribution in [0.1, 0.15) is 96.9 Å². The van der Waals surface area contributed by atoms with Gasteiger partial charge in [-0.3, -0.25) is 0 Å². The molecule has 6 nitrogen and oxygen atoms in total. The molecule has 0 aromatic rings. The molecule has 0 aromatic heterocycles. The minimum Gasteiger partial charge on any atom is -0.405 e. The molecule has 0 N–H and O–H groups in total. The second-order valence-electron chi connectivity index (χ2n) is 11.1. The fraction of sp³-hybridized carbons (Fsp3) is 1.00. The molecule has 3 saturated heterocycles. The Morgan fingerprint density at radius 2 is 0.556 bits per heavy atom. The second-order valence-corrected chi connectivity index (χ2v) is 11.1. The third kappa shape index (κ3) is 10.9. The van der Waals surface area contributed by atoms with E-state index in [-0.39, 0.29) is 40.7 Å². The molecule has 0 aliphatic carbocycles. The van der Waals surface area contributed by atoms with Gasteiger partial charge >= 0.3 is 21.1 Å². The number of alkyl halides is 3. The summed E-state index contributed by atoms with van der Waals surface area (Å²) in [6.07, 6.45) is 0. The largest absolute Gasteiger partial charge is 0.488 e. The Kier molecular flexibility index (Phi) is 19.7. The molecular formula is C24H54B3Br2IO6. The third-order valence-corrected chi connectivity index (χ3v) is 7.14. The van der Waals surface area contributed by atoms with Gasteiger partial charge in [0.2, 0.25) is 0 Å². The molecule has 0 bridgehead atoms. The summed E-state index contributed by atoms with van der Waals surface area (Å²) in [6.45, 7) is 30.3. The fourth-order valence-corrected chi connectivity index (χ4v) is 3.14. The first-order valence-electron chi connectivity index (χ1n) is 12.4. The van der Waals surface area contributed by atoms with Gasteiger partial charge in [0.25, 0.3) is 0 Å². The smallest absolute Gasteiger partial charge is 0.405 e. The van der Waals surface area contributed by atoms with E-state index in [2.05, 4.69) is 82.1 Å². The van der Waals surface area contributed by atoms with Gasteiger partial charge < -0.3 is 27.9 Å². The van der Waals surface area contributed by atoms with Crippen LogP contribution in [0.5, 0.6) is 0 Å². The van der Waals surface area contributed by atoms with Crippen LogP contribution in [-0.4, -0.2) is 71.3 Å². The molecule has 3 aliphatic rings. The molecule has 0 atom stereocenters. The van der Waals surface area contributed by atoms with Crippen LogP contribution >= 0.6 is 54.5 Å². The van der Waals surface area contributed by atoms with Crippen molar-refractivity contribution in [2.75, 3.05) is 16.6 Å². The van der Waals surface area contributed by atoms with Gasteiger partial charge in [0.1, 0.15) is 0 Å². The monoisotopic (exact) mass is 756 g/mol. The summed E-state index contributed by atoms with van der Waals surface area (Å²) < 4.78 is 34.9. The average Bonchev–Trinajstić information content (AvgIpc) is 3.21. The van der Waals surface area contributed by atoms with Crippen LogP contribution in [0.25, 0.3) is 0 Å². The first kappa shape index (κ1) is 42.1. The van der Waals surface area contributed by atoms with Gasteiger partial charge in [-0.2, -0.15) is 0 Å². The third-order valence-electron chi connectivity index (χ3n) is 7.14. The van der Waals surface area contributed by atoms with Crippen molar-refractivity contribution in [3.8, 4) is 0 Å². The summed E-state index contributed by atoms with van der Waals surface area (Å²) in [7, 11) is -1.02. The lowest BCUT2D eigenvalue weighted by Gasteiger charge is -2.32. The average molecular weight is 758 g/mol. The highest BCUT2D eigenvalue weighted by Crippen LogP contribution is 2.43. The zero-order chi connectivity index (χ0) is 30.0. The number of halogens is 3. The molecule has 0 amide bonds. The number of rotatable bonds is 1. The lowest BCUT2D eigenvalue weighted by molar-refractivity contribution is 0.00578. The highest BCUT2D eigenvalue weighted by atomic mass is 127. The van der Waals surface area contributed by atoms with Crippen LogP contribution in [0.3, 0.4) is 0 Å². The maximum absolute atomic E-state index is 5.96. The molecule has 12 heteroatoms. The van der Waals surface area contributed by atoms with E-state index in [1.807, 2.05) is 92.7 Å². The van der Waals surface area contributed by atoms with E-state index in [0.29, 0.717) is 0 Å². The van der Waals surface area contributed by atoms with Crippen molar-refractivity contribution in [2.24, 2.45) is 0 Å². The quantitative estimate of drug-likeness (QED) is 0.153. The Labute approximate surface area is 255 Å². The molecule has 3 heterocycles. The van der Waals surface area contributed by atoms with Gasteiger partial charge in [0.05, 0.1) is 33.6 Å². The maximum Gasteiger partial charge on any atom is 0.488 e. The molecule has 0 aromatic carbocycles. The van der Waals surface area contributed by atoms with Crippen LogP contribution in [0, 0.1) is 0 Å². The van der Waals surface area contributed by atoms with E-state index < -0.39 is 14.0 Å². The highest BCUT2D eigenvalue weighted by molar-refractivity contribution is 14.1. The normalized spacial score (nSPS) is 24.8. The van der Waals surface area contributed by atoms with Crippen LogP contribution in [-0.2, 0) is 27.9 Å². The van der Waals surface area contributed by atoms with Crippen molar-refractivity contribution >= 4 is 75.6 Å². The molecule has 0 spiro atoms. The van der Waals surface area contributed by atoms with Gasteiger partial charge in [0, 0.05) is 0 Å². The summed E-state index contributed by atoms with van der Waals surface area (Å²) in [5, 5.41) is 0. The molecule has 3 rings (SSSR count). The van der Waals surface area contributed by atoms with Crippen molar-refractivity contribution in [3.05, 3.63) is 0 Å². The summed E-state index contributed by atoms with van der Waals surface area (Å²) in [5.74, 6) is 3.62. The van der Waals surface area contributed by atoms with Crippen LogP contribution in [0.15, 0.2) is 0 Å². The van der Waals surface area contributed by atoms with Crippen molar-refractivity contribution in [1.29, 1.82) is 0 Å². The Hall–Kier alpha value is 1.64. The van der Waals surface area contributed by atoms with E-state index in [1.165, 1.54) is 0 Å². The minimum absolute atomic E-state index is 0.0648. The van der Waals surface area contributed by atoms with Crippen molar-refractivity contribution in [1.82, 2.24) is 0 Å². The Bertz CT molecular complexity index is 526. The summed E-state index contributed by atoms with van der Waals surface area (Å²) in [4.78, 5) is 1.97. The SMILES string of the molecule is CB1OC(C)(C)C(C)(C)O1.CBr.CBr.CC.CC1(C)OB(B2OC(C)(C)C(C)(C)O2)OC1(C)C.CI. The van der Waals surface area contributed by atoms with E-state index in [1.54, 1.807) is 0 Å². The minimum atomic E-state index is -0.476. The Balaban J connectivity index is -0.000000514. The Morgan fingerprint density at radius 1 is 0.417 bits per heavy atom. The van der Waals surface area contributed by atoms with E-state index in [9.17, 15) is 0 Å². The van der Waals surface area contributed by atoms with Gasteiger partial charge in [0.15, 0.2) is 0 Å². The first-order chi connectivity index (χ1) is 16.2. The molecule has 3 fully saturated rings. The zero-order valence-corrected chi connectivity index (χ0v) is 31.6. The van der Waals surface area contributed by atoms with Crippen LogP contribution < -0.4 is 0 Å². The Morgan fingerprint density at radius 3 is 0.667 bits per heavy atom. The van der Waals surface area contributed by atoms with E-state index in [4.69, 9.17) is 27.9 Å². The number of hydrogen-bond donors (Lipinski definition) is 0. The predicted molar refractivity (Wildman–Crippen MR) is 175 cm³/mol.